The molecule has 0 amide bonds. The van der Waals surface area contributed by atoms with Crippen LogP contribution in [0.5, 0.6) is 0 Å². The number of hydrogen-bond donors (Lipinski definition) is 0. The Morgan fingerprint density at radius 3 is 2.57 bits per heavy atom. The first-order chi connectivity index (χ1) is 11.3. The van der Waals surface area contributed by atoms with Gasteiger partial charge in [0.2, 0.25) is 0 Å². The van der Waals surface area contributed by atoms with E-state index < -0.39 is 0 Å². The van der Waals surface area contributed by atoms with Gasteiger partial charge in [-0.2, -0.15) is 0 Å². The van der Waals surface area contributed by atoms with E-state index in [1.54, 1.807) is 0 Å². The highest BCUT2D eigenvalue weighted by Crippen LogP contribution is 2.23. The second kappa shape index (κ2) is 5.96. The third-order valence-corrected chi connectivity index (χ3v) is 4.37. The van der Waals surface area contributed by atoms with Crippen LogP contribution < -0.4 is 0 Å². The molecule has 0 fully saturated rings. The van der Waals surface area contributed by atoms with Crippen LogP contribution in [0, 0.1) is 6.92 Å². The van der Waals surface area contributed by atoms with Crippen molar-refractivity contribution in [1.82, 2.24) is 29.4 Å². The van der Waals surface area contributed by atoms with E-state index in [-0.39, 0.29) is 0 Å². The number of imidazole rings is 1. The van der Waals surface area contributed by atoms with Gasteiger partial charge < -0.3 is 4.57 Å². The number of fused-ring (bicyclic) bond motifs is 1. The van der Waals surface area contributed by atoms with Gasteiger partial charge in [-0.05, 0) is 18.1 Å². The van der Waals surface area contributed by atoms with Gasteiger partial charge in [-0.3, -0.25) is 9.58 Å². The van der Waals surface area contributed by atoms with Crippen LogP contribution in [0.15, 0.2) is 42.9 Å². The highest BCUT2D eigenvalue weighted by molar-refractivity contribution is 5.30. The fraction of sp³-hybridized carbons (Fsp3) is 0.353. The molecule has 3 heterocycles. The average Bonchev–Trinajstić information content (AvgIpc) is 3.25. The third kappa shape index (κ3) is 3.03. The van der Waals surface area contributed by atoms with Crippen LogP contribution in [0.2, 0.25) is 0 Å². The quantitative estimate of drug-likeness (QED) is 0.723. The van der Waals surface area contributed by atoms with Gasteiger partial charge in [0.25, 0.3) is 0 Å². The van der Waals surface area contributed by atoms with Crippen molar-refractivity contribution < 1.29 is 0 Å². The molecule has 0 atom stereocenters. The number of nitrogens with zero attached hydrogens (tertiary/aromatic N) is 6. The molecule has 4 rings (SSSR count). The first kappa shape index (κ1) is 14.1. The minimum absolute atomic E-state index is 0.810. The lowest BCUT2D eigenvalue weighted by Crippen LogP contribution is -2.15. The summed E-state index contributed by atoms with van der Waals surface area (Å²) in [5.41, 5.74) is 3.88. The van der Waals surface area contributed by atoms with Crippen molar-refractivity contribution >= 4 is 0 Å². The van der Waals surface area contributed by atoms with Crippen LogP contribution in [0.4, 0.5) is 0 Å². The third-order valence-electron chi connectivity index (χ3n) is 4.37. The van der Waals surface area contributed by atoms with Crippen molar-refractivity contribution in [2.24, 2.45) is 0 Å². The summed E-state index contributed by atoms with van der Waals surface area (Å²) in [6.07, 6.45) is 5.87. The van der Waals surface area contributed by atoms with Crippen molar-refractivity contribution in [3.63, 3.8) is 0 Å². The van der Waals surface area contributed by atoms with Crippen molar-refractivity contribution in [2.45, 2.75) is 39.6 Å². The molecular weight excluding hydrogens is 288 g/mol. The highest BCUT2D eigenvalue weighted by Gasteiger charge is 2.19. The zero-order chi connectivity index (χ0) is 15.6. The fourth-order valence-corrected chi connectivity index (χ4v) is 3.12. The summed E-state index contributed by atoms with van der Waals surface area (Å²) < 4.78 is 4.04. The number of aryl methyl sites for hydroxylation is 3. The Morgan fingerprint density at radius 2 is 1.87 bits per heavy atom. The van der Waals surface area contributed by atoms with Gasteiger partial charge in [0, 0.05) is 44.8 Å². The van der Waals surface area contributed by atoms with E-state index in [0.29, 0.717) is 0 Å². The first-order valence-electron chi connectivity index (χ1n) is 7.94. The number of rotatable bonds is 5. The molecule has 1 aromatic carbocycles. The second-order valence-electron chi connectivity index (χ2n) is 6.05. The second-order valence-corrected chi connectivity index (χ2v) is 6.05. The lowest BCUT2D eigenvalue weighted by atomic mass is 10.1. The molecule has 0 saturated carbocycles. The molecule has 23 heavy (non-hydrogen) atoms. The molecule has 6 heteroatoms. The Kier molecular flexibility index (Phi) is 3.67. The van der Waals surface area contributed by atoms with Gasteiger partial charge >= 0.3 is 0 Å². The van der Waals surface area contributed by atoms with Gasteiger partial charge in [-0.25, -0.2) is 4.98 Å². The van der Waals surface area contributed by atoms with Gasteiger partial charge in [-0.1, -0.05) is 29.5 Å². The van der Waals surface area contributed by atoms with E-state index in [1.807, 2.05) is 24.0 Å². The number of hydrogen-bond acceptors (Lipinski definition) is 4. The van der Waals surface area contributed by atoms with Gasteiger partial charge in [0.1, 0.15) is 5.82 Å². The molecule has 0 bridgehead atoms. The maximum absolute atomic E-state index is 4.31. The van der Waals surface area contributed by atoms with Crippen LogP contribution in [0.1, 0.15) is 22.6 Å². The largest absolute Gasteiger partial charge is 0.333 e. The molecule has 0 aliphatic carbocycles. The SMILES string of the molecule is Cc1nccn1CCn1cc(CN2Cc3ccccc3C2)nn1. The summed E-state index contributed by atoms with van der Waals surface area (Å²) in [4.78, 5) is 6.64. The Balaban J connectivity index is 1.35. The minimum Gasteiger partial charge on any atom is -0.333 e. The van der Waals surface area contributed by atoms with Crippen LogP contribution in [-0.2, 0) is 32.7 Å². The molecule has 6 nitrogen and oxygen atoms in total. The van der Waals surface area contributed by atoms with Crippen molar-refractivity contribution in [1.29, 1.82) is 0 Å². The smallest absolute Gasteiger partial charge is 0.105 e. The lowest BCUT2D eigenvalue weighted by Gasteiger charge is -2.11. The Labute approximate surface area is 135 Å². The summed E-state index contributed by atoms with van der Waals surface area (Å²) in [5.74, 6) is 1.03. The predicted molar refractivity (Wildman–Crippen MR) is 86.4 cm³/mol. The summed E-state index contributed by atoms with van der Waals surface area (Å²) in [5, 5.41) is 8.55. The zero-order valence-corrected chi connectivity index (χ0v) is 13.3. The molecule has 3 aromatic rings. The summed E-state index contributed by atoms with van der Waals surface area (Å²) in [6, 6.07) is 8.63. The van der Waals surface area contributed by atoms with Gasteiger partial charge in [0.15, 0.2) is 0 Å². The molecule has 0 N–H and O–H groups in total. The Hall–Kier alpha value is -2.47. The minimum atomic E-state index is 0.810. The molecule has 1 aliphatic rings. The van der Waals surface area contributed by atoms with Crippen LogP contribution in [0.3, 0.4) is 0 Å². The van der Waals surface area contributed by atoms with E-state index in [2.05, 4.69) is 55.2 Å². The maximum atomic E-state index is 4.31. The van der Waals surface area contributed by atoms with E-state index in [1.165, 1.54) is 11.1 Å². The molecule has 0 unspecified atom stereocenters. The van der Waals surface area contributed by atoms with E-state index in [4.69, 9.17) is 0 Å². The molecule has 1 aliphatic heterocycles. The van der Waals surface area contributed by atoms with Crippen LogP contribution in [-0.4, -0.2) is 29.4 Å². The standard InChI is InChI=1S/C17H20N6/c1-14-18-6-7-22(14)8-9-23-13-17(19-20-23)12-21-10-15-4-2-3-5-16(15)11-21/h2-7,13H,8-12H2,1H3. The molecular formula is C17H20N6. The summed E-state index contributed by atoms with van der Waals surface area (Å²) >= 11 is 0. The molecule has 118 valence electrons. The number of aromatic nitrogens is 5. The Morgan fingerprint density at radius 1 is 1.09 bits per heavy atom. The number of benzene rings is 1. The fourth-order valence-electron chi connectivity index (χ4n) is 3.12. The van der Waals surface area contributed by atoms with Gasteiger partial charge in [-0.15, -0.1) is 5.10 Å². The first-order valence-corrected chi connectivity index (χ1v) is 7.94. The molecule has 0 radical (unpaired) electrons. The molecule has 2 aromatic heterocycles. The van der Waals surface area contributed by atoms with E-state index >= 15 is 0 Å². The van der Waals surface area contributed by atoms with Crippen LogP contribution >= 0.6 is 0 Å². The zero-order valence-electron chi connectivity index (χ0n) is 13.3. The monoisotopic (exact) mass is 308 g/mol. The molecule has 0 spiro atoms. The summed E-state index contributed by atoms with van der Waals surface area (Å²) in [7, 11) is 0. The van der Waals surface area contributed by atoms with Crippen molar-refractivity contribution in [3.05, 3.63) is 65.5 Å². The van der Waals surface area contributed by atoms with Gasteiger partial charge in [0.05, 0.1) is 12.2 Å². The average molecular weight is 308 g/mol. The van der Waals surface area contributed by atoms with E-state index in [9.17, 15) is 0 Å². The highest BCUT2D eigenvalue weighted by atomic mass is 15.4. The van der Waals surface area contributed by atoms with E-state index in [0.717, 1.165) is 44.2 Å². The normalized spacial score (nSPS) is 14.3. The maximum Gasteiger partial charge on any atom is 0.105 e. The molecule has 0 saturated heterocycles. The van der Waals surface area contributed by atoms with Crippen LogP contribution in [0.25, 0.3) is 0 Å². The topological polar surface area (TPSA) is 51.8 Å². The van der Waals surface area contributed by atoms with Crippen molar-refractivity contribution in [3.8, 4) is 0 Å². The Bertz CT molecular complexity index is 778. The predicted octanol–water partition coefficient (Wildman–Crippen LogP) is 2.00. The van der Waals surface area contributed by atoms with Crippen molar-refractivity contribution in [2.75, 3.05) is 0 Å². The lowest BCUT2D eigenvalue weighted by molar-refractivity contribution is 0.272. The summed E-state index contributed by atoms with van der Waals surface area (Å²) in [6.45, 7) is 6.53.